The second-order valence-electron chi connectivity index (χ2n) is 5.77. The highest BCUT2D eigenvalue weighted by molar-refractivity contribution is 7.18. The third-order valence-electron chi connectivity index (χ3n) is 3.76. The lowest BCUT2D eigenvalue weighted by atomic mass is 10.2. The Hall–Kier alpha value is -2.74. The fourth-order valence-corrected chi connectivity index (χ4v) is 3.59. The van der Waals surface area contributed by atoms with Gasteiger partial charge in [-0.05, 0) is 37.6 Å². The highest BCUT2D eigenvalue weighted by Gasteiger charge is 2.26. The molecule has 1 aromatic carbocycles. The number of amides is 3. The minimum Gasteiger partial charge on any atom is -0.326 e. The van der Waals surface area contributed by atoms with Gasteiger partial charge in [0.2, 0.25) is 11.8 Å². The third-order valence-corrected chi connectivity index (χ3v) is 4.94. The van der Waals surface area contributed by atoms with Crippen molar-refractivity contribution in [2.45, 2.75) is 26.7 Å². The number of hydrogen-bond acceptors (Lipinski definition) is 5. The zero-order chi connectivity index (χ0) is 18.0. The molecule has 2 heterocycles. The predicted molar refractivity (Wildman–Crippen MR) is 97.1 cm³/mol. The van der Waals surface area contributed by atoms with E-state index in [1.54, 1.807) is 36.1 Å². The van der Waals surface area contributed by atoms with Crippen LogP contribution in [0.25, 0.3) is 0 Å². The summed E-state index contributed by atoms with van der Waals surface area (Å²) in [6, 6.07) is 6.85. The van der Waals surface area contributed by atoms with E-state index in [9.17, 15) is 14.4 Å². The van der Waals surface area contributed by atoms with Crippen LogP contribution in [-0.2, 0) is 9.59 Å². The van der Waals surface area contributed by atoms with Crippen molar-refractivity contribution >= 4 is 45.6 Å². The first-order valence-corrected chi connectivity index (χ1v) is 8.72. The number of nitrogens with one attached hydrogen (secondary N) is 2. The summed E-state index contributed by atoms with van der Waals surface area (Å²) in [6.07, 6.45) is 1.35. The Kier molecular flexibility index (Phi) is 4.80. The number of nitrogens with zero attached hydrogens (tertiary/aromatic N) is 2. The molecule has 1 aliphatic heterocycles. The number of benzene rings is 1. The molecular weight excluding hydrogens is 340 g/mol. The first kappa shape index (κ1) is 17.1. The molecular formula is C17H18N4O3S. The minimum atomic E-state index is -0.264. The second-order valence-corrected chi connectivity index (χ2v) is 6.75. The zero-order valence-electron chi connectivity index (χ0n) is 14.0. The number of rotatable bonds is 4. The van der Waals surface area contributed by atoms with Gasteiger partial charge in [-0.2, -0.15) is 0 Å². The van der Waals surface area contributed by atoms with Crippen LogP contribution in [0, 0.1) is 6.92 Å². The standard InChI is InChI=1S/C17H18N4O3S/c1-10-15(25-17(18-10)21-9-3-4-14(21)23)16(24)20-13-7-5-12(6-8-13)19-11(2)22/h5-8H,3-4,9H2,1-2H3,(H,19,22)(H,20,24). The maximum Gasteiger partial charge on any atom is 0.267 e. The second kappa shape index (κ2) is 7.02. The molecule has 25 heavy (non-hydrogen) atoms. The Morgan fingerprint density at radius 3 is 2.36 bits per heavy atom. The predicted octanol–water partition coefficient (Wildman–Crippen LogP) is 2.79. The molecule has 130 valence electrons. The van der Waals surface area contributed by atoms with E-state index in [0.717, 1.165) is 6.42 Å². The van der Waals surface area contributed by atoms with Crippen LogP contribution in [0.1, 0.15) is 35.1 Å². The normalized spacial score (nSPS) is 13.8. The summed E-state index contributed by atoms with van der Waals surface area (Å²) in [5, 5.41) is 6.05. The molecule has 0 aliphatic carbocycles. The third kappa shape index (κ3) is 3.85. The maximum atomic E-state index is 12.5. The van der Waals surface area contributed by atoms with Gasteiger partial charge in [0.1, 0.15) is 4.88 Å². The van der Waals surface area contributed by atoms with Crippen molar-refractivity contribution in [3.63, 3.8) is 0 Å². The van der Waals surface area contributed by atoms with Gasteiger partial charge in [-0.25, -0.2) is 4.98 Å². The van der Waals surface area contributed by atoms with Crippen LogP contribution in [0.3, 0.4) is 0 Å². The van der Waals surface area contributed by atoms with Crippen molar-refractivity contribution in [1.82, 2.24) is 4.98 Å². The molecule has 1 aromatic heterocycles. The average molecular weight is 358 g/mol. The minimum absolute atomic E-state index is 0.0502. The van der Waals surface area contributed by atoms with E-state index in [0.29, 0.717) is 40.0 Å². The van der Waals surface area contributed by atoms with Gasteiger partial charge in [0.25, 0.3) is 5.91 Å². The van der Waals surface area contributed by atoms with Gasteiger partial charge in [-0.3, -0.25) is 19.3 Å². The highest BCUT2D eigenvalue weighted by atomic mass is 32.1. The van der Waals surface area contributed by atoms with E-state index in [-0.39, 0.29) is 17.7 Å². The van der Waals surface area contributed by atoms with E-state index in [1.165, 1.54) is 18.3 Å². The molecule has 3 amide bonds. The van der Waals surface area contributed by atoms with Crippen molar-refractivity contribution < 1.29 is 14.4 Å². The molecule has 0 bridgehead atoms. The Labute approximate surface area is 149 Å². The summed E-state index contributed by atoms with van der Waals surface area (Å²) in [4.78, 5) is 41.8. The van der Waals surface area contributed by atoms with Gasteiger partial charge < -0.3 is 10.6 Å². The molecule has 7 nitrogen and oxygen atoms in total. The Morgan fingerprint density at radius 1 is 1.16 bits per heavy atom. The van der Waals surface area contributed by atoms with Crippen LogP contribution in [-0.4, -0.2) is 29.3 Å². The molecule has 1 aliphatic rings. The first-order chi connectivity index (χ1) is 11.9. The molecule has 0 unspecified atom stereocenters. The largest absolute Gasteiger partial charge is 0.326 e. The SMILES string of the molecule is CC(=O)Nc1ccc(NC(=O)c2sc(N3CCCC3=O)nc2C)cc1. The molecule has 1 fully saturated rings. The average Bonchev–Trinajstić information content (AvgIpc) is 3.14. The lowest BCUT2D eigenvalue weighted by Gasteiger charge is -2.10. The number of anilines is 3. The fraction of sp³-hybridized carbons (Fsp3) is 0.294. The van der Waals surface area contributed by atoms with Gasteiger partial charge >= 0.3 is 0 Å². The Morgan fingerprint density at radius 2 is 1.80 bits per heavy atom. The Bertz CT molecular complexity index is 829. The number of carbonyl (C=O) groups is 3. The van der Waals surface area contributed by atoms with Crippen molar-refractivity contribution in [2.24, 2.45) is 0 Å². The summed E-state index contributed by atoms with van der Waals surface area (Å²) in [5.74, 6) is -0.365. The summed E-state index contributed by atoms with van der Waals surface area (Å²) < 4.78 is 0. The molecule has 1 saturated heterocycles. The molecule has 0 radical (unpaired) electrons. The monoisotopic (exact) mass is 358 g/mol. The van der Waals surface area contributed by atoms with Crippen LogP contribution < -0.4 is 15.5 Å². The smallest absolute Gasteiger partial charge is 0.267 e. The molecule has 2 aromatic rings. The number of carbonyl (C=O) groups excluding carboxylic acids is 3. The zero-order valence-corrected chi connectivity index (χ0v) is 14.8. The van der Waals surface area contributed by atoms with Crippen LogP contribution in [0.4, 0.5) is 16.5 Å². The number of aryl methyl sites for hydroxylation is 1. The summed E-state index contributed by atoms with van der Waals surface area (Å²) in [6.45, 7) is 3.84. The lowest BCUT2D eigenvalue weighted by molar-refractivity contribution is -0.117. The molecule has 0 saturated carbocycles. The topological polar surface area (TPSA) is 91.4 Å². The van der Waals surface area contributed by atoms with E-state index in [4.69, 9.17) is 0 Å². The van der Waals surface area contributed by atoms with E-state index >= 15 is 0 Å². The van der Waals surface area contributed by atoms with E-state index in [2.05, 4.69) is 15.6 Å². The lowest BCUT2D eigenvalue weighted by Crippen LogP contribution is -2.23. The van der Waals surface area contributed by atoms with E-state index in [1.807, 2.05) is 0 Å². The van der Waals surface area contributed by atoms with Gasteiger partial charge in [0, 0.05) is 31.3 Å². The van der Waals surface area contributed by atoms with Crippen molar-refractivity contribution in [3.8, 4) is 0 Å². The quantitative estimate of drug-likeness (QED) is 0.879. The van der Waals surface area contributed by atoms with Crippen molar-refractivity contribution in [3.05, 3.63) is 34.8 Å². The maximum absolute atomic E-state index is 12.5. The molecule has 0 spiro atoms. The number of aromatic nitrogens is 1. The first-order valence-electron chi connectivity index (χ1n) is 7.91. The van der Waals surface area contributed by atoms with Gasteiger partial charge in [-0.1, -0.05) is 11.3 Å². The molecule has 8 heteroatoms. The van der Waals surface area contributed by atoms with E-state index < -0.39 is 0 Å². The number of hydrogen-bond donors (Lipinski definition) is 2. The summed E-state index contributed by atoms with van der Waals surface area (Å²) in [7, 11) is 0. The molecule has 0 atom stereocenters. The Balaban J connectivity index is 1.72. The summed E-state index contributed by atoms with van der Waals surface area (Å²) in [5.41, 5.74) is 1.88. The fourth-order valence-electron chi connectivity index (χ4n) is 2.59. The van der Waals surface area contributed by atoms with Crippen LogP contribution in [0.15, 0.2) is 24.3 Å². The van der Waals surface area contributed by atoms with Crippen LogP contribution >= 0.6 is 11.3 Å². The van der Waals surface area contributed by atoms with Crippen molar-refractivity contribution in [2.75, 3.05) is 22.1 Å². The van der Waals surface area contributed by atoms with Gasteiger partial charge in [0.15, 0.2) is 5.13 Å². The van der Waals surface area contributed by atoms with Crippen LogP contribution in [0.5, 0.6) is 0 Å². The number of thiazole rings is 1. The molecule has 3 rings (SSSR count). The summed E-state index contributed by atoms with van der Waals surface area (Å²) >= 11 is 1.22. The van der Waals surface area contributed by atoms with Gasteiger partial charge in [-0.15, -0.1) is 0 Å². The molecule has 2 N–H and O–H groups in total. The van der Waals surface area contributed by atoms with Crippen molar-refractivity contribution in [1.29, 1.82) is 0 Å². The van der Waals surface area contributed by atoms with Crippen LogP contribution in [0.2, 0.25) is 0 Å². The van der Waals surface area contributed by atoms with Gasteiger partial charge in [0.05, 0.1) is 5.69 Å². The highest BCUT2D eigenvalue weighted by Crippen LogP contribution is 2.29.